The molecule has 23 heavy (non-hydrogen) atoms. The molecule has 3 aliphatic rings. The minimum Gasteiger partial charge on any atom is -0.392 e. The molecule has 2 N–H and O–H groups in total. The maximum Gasteiger partial charge on any atom is 0.234 e. The van der Waals surface area contributed by atoms with Crippen LogP contribution >= 0.6 is 0 Å². The molecule has 1 saturated carbocycles. The average molecular weight is 323 g/mol. The van der Waals surface area contributed by atoms with E-state index in [4.69, 9.17) is 0 Å². The Morgan fingerprint density at radius 1 is 1.13 bits per heavy atom. The minimum absolute atomic E-state index is 0.144. The van der Waals surface area contributed by atoms with Gasteiger partial charge in [-0.3, -0.25) is 9.69 Å². The Morgan fingerprint density at radius 3 is 2.52 bits per heavy atom. The van der Waals surface area contributed by atoms with Gasteiger partial charge in [-0.05, 0) is 51.5 Å². The van der Waals surface area contributed by atoms with Gasteiger partial charge in [0.2, 0.25) is 5.91 Å². The van der Waals surface area contributed by atoms with Crippen molar-refractivity contribution in [3.63, 3.8) is 0 Å². The molecule has 1 amide bonds. The third-order valence-electron chi connectivity index (χ3n) is 5.83. The Hall–Kier alpha value is -0.650. The second kappa shape index (κ2) is 7.95. The van der Waals surface area contributed by atoms with E-state index in [1.54, 1.807) is 0 Å². The summed E-state index contributed by atoms with van der Waals surface area (Å²) in [5.41, 5.74) is 0. The molecule has 0 aromatic heterocycles. The molecule has 0 spiro atoms. The van der Waals surface area contributed by atoms with Gasteiger partial charge in [-0.25, -0.2) is 0 Å². The van der Waals surface area contributed by atoms with Crippen molar-refractivity contribution in [2.45, 2.75) is 82.5 Å². The number of carbonyl (C=O) groups excluding carboxylic acids is 1. The molecule has 0 bridgehead atoms. The number of nitrogens with zero attached hydrogens (tertiary/aromatic N) is 2. The third kappa shape index (κ3) is 4.68. The summed E-state index contributed by atoms with van der Waals surface area (Å²) in [5.74, 6) is 0.144. The number of hydrogen-bond acceptors (Lipinski definition) is 4. The predicted molar refractivity (Wildman–Crippen MR) is 91.3 cm³/mol. The highest BCUT2D eigenvalue weighted by atomic mass is 16.3. The summed E-state index contributed by atoms with van der Waals surface area (Å²) in [7, 11) is 0. The van der Waals surface area contributed by atoms with E-state index in [2.05, 4.69) is 15.1 Å². The van der Waals surface area contributed by atoms with Gasteiger partial charge in [0.1, 0.15) is 0 Å². The fraction of sp³-hybridized carbons (Fsp3) is 0.944. The first-order valence-corrected chi connectivity index (χ1v) is 9.63. The largest absolute Gasteiger partial charge is 0.392 e. The Kier molecular flexibility index (Phi) is 5.94. The number of likely N-dealkylation sites (tertiary alicyclic amines) is 2. The van der Waals surface area contributed by atoms with Crippen LogP contribution in [0, 0.1) is 0 Å². The SMILES string of the molecule is CCC(O)C1CCCCN1CC(=O)NC1CCN(C2CC2)CC1. The van der Waals surface area contributed by atoms with Crippen LogP contribution in [0.2, 0.25) is 0 Å². The monoisotopic (exact) mass is 323 g/mol. The van der Waals surface area contributed by atoms with Crippen LogP contribution in [-0.4, -0.2) is 71.2 Å². The van der Waals surface area contributed by atoms with Crippen LogP contribution in [-0.2, 0) is 4.79 Å². The van der Waals surface area contributed by atoms with Gasteiger partial charge < -0.3 is 15.3 Å². The number of aliphatic hydroxyl groups is 1. The van der Waals surface area contributed by atoms with E-state index in [0.29, 0.717) is 12.6 Å². The summed E-state index contributed by atoms with van der Waals surface area (Å²) in [6.07, 6.45) is 8.70. The van der Waals surface area contributed by atoms with Gasteiger partial charge in [0.15, 0.2) is 0 Å². The van der Waals surface area contributed by atoms with Crippen LogP contribution in [0.5, 0.6) is 0 Å². The first-order valence-electron chi connectivity index (χ1n) is 9.63. The first-order chi connectivity index (χ1) is 11.2. The number of rotatable bonds is 6. The maximum absolute atomic E-state index is 12.4. The van der Waals surface area contributed by atoms with Crippen molar-refractivity contribution in [1.82, 2.24) is 15.1 Å². The number of aliphatic hydroxyl groups excluding tert-OH is 1. The van der Waals surface area contributed by atoms with Crippen molar-refractivity contribution in [3.8, 4) is 0 Å². The van der Waals surface area contributed by atoms with Crippen LogP contribution in [0.4, 0.5) is 0 Å². The zero-order valence-corrected chi connectivity index (χ0v) is 14.5. The van der Waals surface area contributed by atoms with Crippen molar-refractivity contribution >= 4 is 5.91 Å². The zero-order valence-electron chi connectivity index (χ0n) is 14.5. The fourth-order valence-electron chi connectivity index (χ4n) is 4.23. The quantitative estimate of drug-likeness (QED) is 0.775. The van der Waals surface area contributed by atoms with E-state index in [9.17, 15) is 9.90 Å². The second-order valence-corrected chi connectivity index (χ2v) is 7.62. The Balaban J connectivity index is 1.42. The number of piperidine rings is 2. The number of amides is 1. The van der Waals surface area contributed by atoms with Crippen molar-refractivity contribution in [2.24, 2.45) is 0 Å². The topological polar surface area (TPSA) is 55.8 Å². The van der Waals surface area contributed by atoms with E-state index >= 15 is 0 Å². The fourth-order valence-corrected chi connectivity index (χ4v) is 4.23. The summed E-state index contributed by atoms with van der Waals surface area (Å²) in [6.45, 7) is 5.68. The standard InChI is InChI=1S/C18H33N3O2/c1-2-17(22)16-5-3-4-10-21(16)13-18(23)19-14-8-11-20(12-9-14)15-6-7-15/h14-17,22H,2-13H2,1H3,(H,19,23). The van der Waals surface area contributed by atoms with Crippen molar-refractivity contribution in [1.29, 1.82) is 0 Å². The molecule has 0 aromatic carbocycles. The van der Waals surface area contributed by atoms with Crippen molar-refractivity contribution in [2.75, 3.05) is 26.2 Å². The van der Waals surface area contributed by atoms with Crippen molar-refractivity contribution < 1.29 is 9.90 Å². The number of hydrogen-bond donors (Lipinski definition) is 2. The molecular formula is C18H33N3O2. The summed E-state index contributed by atoms with van der Waals surface area (Å²) in [5, 5.41) is 13.4. The molecule has 0 aromatic rings. The predicted octanol–water partition coefficient (Wildman–Crippen LogP) is 1.35. The molecule has 0 radical (unpaired) electrons. The van der Waals surface area contributed by atoms with E-state index in [1.165, 1.54) is 19.3 Å². The van der Waals surface area contributed by atoms with E-state index < -0.39 is 0 Å². The van der Waals surface area contributed by atoms with Crippen LogP contribution < -0.4 is 5.32 Å². The highest BCUT2D eigenvalue weighted by molar-refractivity contribution is 5.78. The van der Waals surface area contributed by atoms with Gasteiger partial charge in [-0.15, -0.1) is 0 Å². The second-order valence-electron chi connectivity index (χ2n) is 7.62. The summed E-state index contributed by atoms with van der Waals surface area (Å²) in [6, 6.07) is 1.35. The molecule has 5 heteroatoms. The Morgan fingerprint density at radius 2 is 1.87 bits per heavy atom. The van der Waals surface area contributed by atoms with Gasteiger partial charge in [-0.2, -0.15) is 0 Å². The summed E-state index contributed by atoms with van der Waals surface area (Å²) < 4.78 is 0. The lowest BCUT2D eigenvalue weighted by atomic mass is 9.96. The van der Waals surface area contributed by atoms with Crippen LogP contribution in [0.3, 0.4) is 0 Å². The van der Waals surface area contributed by atoms with Gasteiger partial charge in [0.05, 0.1) is 12.6 Å². The molecular weight excluding hydrogens is 290 g/mol. The normalized spacial score (nSPS) is 29.4. The summed E-state index contributed by atoms with van der Waals surface area (Å²) >= 11 is 0. The first kappa shape index (κ1) is 17.2. The molecule has 3 fully saturated rings. The average Bonchev–Trinajstić information content (AvgIpc) is 3.40. The molecule has 1 aliphatic carbocycles. The molecule has 2 unspecified atom stereocenters. The summed E-state index contributed by atoms with van der Waals surface area (Å²) in [4.78, 5) is 17.2. The van der Waals surface area contributed by atoms with E-state index in [0.717, 1.165) is 57.8 Å². The van der Waals surface area contributed by atoms with Crippen LogP contribution in [0.25, 0.3) is 0 Å². The van der Waals surface area contributed by atoms with Crippen LogP contribution in [0.1, 0.15) is 58.3 Å². The van der Waals surface area contributed by atoms with E-state index in [-0.39, 0.29) is 18.1 Å². The lowest BCUT2D eigenvalue weighted by Gasteiger charge is -2.38. The molecule has 2 aliphatic heterocycles. The maximum atomic E-state index is 12.4. The lowest BCUT2D eigenvalue weighted by molar-refractivity contribution is -0.125. The van der Waals surface area contributed by atoms with Gasteiger partial charge in [0.25, 0.3) is 0 Å². The Labute approximate surface area is 140 Å². The van der Waals surface area contributed by atoms with E-state index in [1.807, 2.05) is 6.92 Å². The minimum atomic E-state index is -0.301. The number of carbonyl (C=O) groups is 1. The smallest absolute Gasteiger partial charge is 0.234 e. The number of nitrogens with one attached hydrogen (secondary N) is 1. The van der Waals surface area contributed by atoms with Gasteiger partial charge >= 0.3 is 0 Å². The zero-order chi connectivity index (χ0) is 16.2. The highest BCUT2D eigenvalue weighted by Crippen LogP contribution is 2.29. The van der Waals surface area contributed by atoms with Gasteiger partial charge in [0, 0.05) is 31.2 Å². The molecule has 2 atom stereocenters. The molecule has 3 rings (SSSR count). The lowest BCUT2D eigenvalue weighted by Crippen LogP contribution is -2.52. The highest BCUT2D eigenvalue weighted by Gasteiger charge is 2.33. The Bertz CT molecular complexity index is 392. The van der Waals surface area contributed by atoms with Crippen molar-refractivity contribution in [3.05, 3.63) is 0 Å². The molecule has 2 heterocycles. The third-order valence-corrected chi connectivity index (χ3v) is 5.83. The van der Waals surface area contributed by atoms with Crippen LogP contribution in [0.15, 0.2) is 0 Å². The molecule has 5 nitrogen and oxygen atoms in total. The van der Waals surface area contributed by atoms with Gasteiger partial charge in [-0.1, -0.05) is 13.3 Å². The molecule has 2 saturated heterocycles. The molecule has 132 valence electrons.